The van der Waals surface area contributed by atoms with Crippen molar-refractivity contribution in [3.63, 3.8) is 0 Å². The molecule has 0 aliphatic heterocycles. The summed E-state index contributed by atoms with van der Waals surface area (Å²) in [5, 5.41) is 14.4. The molecule has 1 unspecified atom stereocenters. The smallest absolute Gasteiger partial charge is 0.354 e. The molecular weight excluding hydrogens is 340 g/mol. The van der Waals surface area contributed by atoms with Gasteiger partial charge in [0.1, 0.15) is 12.1 Å². The number of hydrogen-bond donors (Lipinski definition) is 3. The van der Waals surface area contributed by atoms with Crippen LogP contribution in [0.3, 0.4) is 0 Å². The van der Waals surface area contributed by atoms with Gasteiger partial charge in [0, 0.05) is 11.6 Å². The summed E-state index contributed by atoms with van der Waals surface area (Å²) in [7, 11) is 1.52. The van der Waals surface area contributed by atoms with Gasteiger partial charge in [0.15, 0.2) is 0 Å². The van der Waals surface area contributed by atoms with Crippen molar-refractivity contribution in [2.75, 3.05) is 17.9 Å². The minimum Gasteiger partial charge on any atom is -0.497 e. The molecule has 1 amide bonds. The van der Waals surface area contributed by atoms with Crippen molar-refractivity contribution in [2.24, 2.45) is 0 Å². The van der Waals surface area contributed by atoms with Crippen LogP contribution in [-0.2, 0) is 0 Å². The Morgan fingerprint density at radius 1 is 1.27 bits per heavy atom. The van der Waals surface area contributed by atoms with Crippen LogP contribution in [0, 0.1) is 10.1 Å². The minimum atomic E-state index is -0.605. The summed E-state index contributed by atoms with van der Waals surface area (Å²) < 4.78 is 5.03. The molecule has 3 N–H and O–H groups in total. The first-order chi connectivity index (χ1) is 12.5. The van der Waals surface area contributed by atoms with Gasteiger partial charge in [-0.3, -0.25) is 25.8 Å². The van der Waals surface area contributed by atoms with Gasteiger partial charge in [-0.25, -0.2) is 9.97 Å². The maximum absolute atomic E-state index is 12.2. The number of amides is 1. The third-order valence-corrected chi connectivity index (χ3v) is 3.65. The molecule has 2 rings (SSSR count). The van der Waals surface area contributed by atoms with Crippen molar-refractivity contribution >= 4 is 23.2 Å². The van der Waals surface area contributed by atoms with E-state index in [0.29, 0.717) is 11.3 Å². The fourth-order valence-corrected chi connectivity index (χ4v) is 2.01. The van der Waals surface area contributed by atoms with E-state index in [1.54, 1.807) is 24.3 Å². The van der Waals surface area contributed by atoms with Crippen molar-refractivity contribution in [1.82, 2.24) is 15.4 Å². The predicted octanol–water partition coefficient (Wildman–Crippen LogP) is 2.36. The molecule has 1 aromatic heterocycles. The summed E-state index contributed by atoms with van der Waals surface area (Å²) in [4.78, 5) is 30.7. The number of methoxy groups -OCH3 is 1. The summed E-state index contributed by atoms with van der Waals surface area (Å²) in [6, 6.07) is 6.40. The number of nitro groups is 1. The number of benzene rings is 1. The lowest BCUT2D eigenvalue weighted by atomic mass is 10.2. The van der Waals surface area contributed by atoms with Crippen LogP contribution in [0.5, 0.6) is 5.75 Å². The number of nitrogens with zero attached hydrogens (tertiary/aromatic N) is 3. The third-order valence-electron chi connectivity index (χ3n) is 3.65. The molecule has 1 heterocycles. The van der Waals surface area contributed by atoms with Crippen molar-refractivity contribution in [3.05, 3.63) is 46.3 Å². The number of rotatable bonds is 8. The van der Waals surface area contributed by atoms with E-state index in [0.717, 1.165) is 6.42 Å². The average Bonchev–Trinajstić information content (AvgIpc) is 2.65. The summed E-state index contributed by atoms with van der Waals surface area (Å²) in [5.41, 5.74) is 4.89. The van der Waals surface area contributed by atoms with E-state index in [1.165, 1.54) is 13.4 Å². The fraction of sp³-hybridized carbons (Fsp3) is 0.312. The van der Waals surface area contributed by atoms with E-state index >= 15 is 0 Å². The van der Waals surface area contributed by atoms with Gasteiger partial charge in [-0.15, -0.1) is 0 Å². The van der Waals surface area contributed by atoms with Gasteiger partial charge in [-0.2, -0.15) is 0 Å². The van der Waals surface area contributed by atoms with E-state index in [4.69, 9.17) is 4.74 Å². The molecule has 0 saturated heterocycles. The second kappa shape index (κ2) is 8.60. The Bertz CT molecular complexity index is 781. The Morgan fingerprint density at radius 2 is 1.92 bits per heavy atom. The number of ether oxygens (including phenoxy) is 1. The monoisotopic (exact) mass is 360 g/mol. The lowest BCUT2D eigenvalue weighted by Crippen LogP contribution is -2.30. The largest absolute Gasteiger partial charge is 0.497 e. The van der Waals surface area contributed by atoms with Crippen LogP contribution in [0.15, 0.2) is 30.6 Å². The molecule has 0 aliphatic rings. The molecule has 2 aromatic rings. The van der Waals surface area contributed by atoms with E-state index in [2.05, 4.69) is 26.1 Å². The van der Waals surface area contributed by atoms with Crippen LogP contribution in [0.2, 0.25) is 0 Å². The highest BCUT2D eigenvalue weighted by Crippen LogP contribution is 2.29. The molecule has 10 heteroatoms. The van der Waals surface area contributed by atoms with Crippen LogP contribution in [0.4, 0.5) is 17.3 Å². The Hall–Kier alpha value is -3.43. The predicted molar refractivity (Wildman–Crippen MR) is 96.1 cm³/mol. The Labute approximate surface area is 150 Å². The maximum atomic E-state index is 12.2. The minimum absolute atomic E-state index is 0.00894. The summed E-state index contributed by atoms with van der Waals surface area (Å²) >= 11 is 0. The van der Waals surface area contributed by atoms with E-state index in [1.807, 2.05) is 13.8 Å². The van der Waals surface area contributed by atoms with E-state index in [9.17, 15) is 14.9 Å². The normalized spacial score (nSPS) is 11.3. The first-order valence-corrected chi connectivity index (χ1v) is 7.92. The summed E-state index contributed by atoms with van der Waals surface area (Å²) in [5.74, 6) is 0.108. The molecule has 0 radical (unpaired) electrons. The maximum Gasteiger partial charge on any atom is 0.354 e. The summed E-state index contributed by atoms with van der Waals surface area (Å²) in [6.07, 6.45) is 1.94. The average molecular weight is 360 g/mol. The molecular formula is C16H20N6O4. The highest BCUT2D eigenvalue weighted by molar-refractivity contribution is 5.95. The van der Waals surface area contributed by atoms with Crippen LogP contribution >= 0.6 is 0 Å². The van der Waals surface area contributed by atoms with Crippen LogP contribution in [0.25, 0.3) is 0 Å². The molecule has 1 aromatic carbocycles. The SMILES string of the molecule is CCC(C)Nc1ncnc(NNC(=O)c2ccc(OC)cc2)c1[N+](=O)[O-]. The Balaban J connectivity index is 2.16. The quantitative estimate of drug-likeness (QED) is 0.483. The molecule has 0 fully saturated rings. The number of nitrogens with one attached hydrogen (secondary N) is 3. The zero-order valence-electron chi connectivity index (χ0n) is 14.6. The topological polar surface area (TPSA) is 131 Å². The lowest BCUT2D eigenvalue weighted by Gasteiger charge is -2.14. The Morgan fingerprint density at radius 3 is 2.50 bits per heavy atom. The van der Waals surface area contributed by atoms with Gasteiger partial charge in [0.05, 0.1) is 12.0 Å². The fourth-order valence-electron chi connectivity index (χ4n) is 2.01. The van der Waals surface area contributed by atoms with Gasteiger partial charge < -0.3 is 10.1 Å². The number of hydrogen-bond acceptors (Lipinski definition) is 8. The number of aromatic nitrogens is 2. The highest BCUT2D eigenvalue weighted by atomic mass is 16.6. The third kappa shape index (κ3) is 4.56. The van der Waals surface area contributed by atoms with Crippen molar-refractivity contribution in [3.8, 4) is 5.75 Å². The standard InChI is InChI=1S/C16H20N6O4/c1-4-10(2)19-14-13(22(24)25)15(18-9-17-14)20-21-16(23)11-5-7-12(26-3)8-6-11/h5-10H,4H2,1-3H3,(H,21,23)(H2,17,18,19,20). The van der Waals surface area contributed by atoms with Gasteiger partial charge >= 0.3 is 5.69 Å². The first-order valence-electron chi connectivity index (χ1n) is 7.92. The number of carbonyl (C=O) groups is 1. The van der Waals surface area contributed by atoms with Crippen LogP contribution < -0.4 is 20.9 Å². The second-order valence-corrected chi connectivity index (χ2v) is 5.44. The Kier molecular flexibility index (Phi) is 6.25. The second-order valence-electron chi connectivity index (χ2n) is 5.44. The van der Waals surface area contributed by atoms with Gasteiger partial charge in [-0.05, 0) is 37.6 Å². The zero-order chi connectivity index (χ0) is 19.1. The van der Waals surface area contributed by atoms with Crippen LogP contribution in [-0.4, -0.2) is 34.0 Å². The molecule has 1 atom stereocenters. The number of carbonyl (C=O) groups excluding carboxylic acids is 1. The first kappa shape index (κ1) is 18.9. The van der Waals surface area contributed by atoms with E-state index in [-0.39, 0.29) is 23.4 Å². The zero-order valence-corrected chi connectivity index (χ0v) is 14.6. The highest BCUT2D eigenvalue weighted by Gasteiger charge is 2.24. The molecule has 138 valence electrons. The lowest BCUT2D eigenvalue weighted by molar-refractivity contribution is -0.383. The molecule has 0 aliphatic carbocycles. The summed E-state index contributed by atoms with van der Waals surface area (Å²) in [6.45, 7) is 3.82. The molecule has 26 heavy (non-hydrogen) atoms. The van der Waals surface area contributed by atoms with Gasteiger partial charge in [0.25, 0.3) is 5.91 Å². The van der Waals surface area contributed by atoms with Crippen LogP contribution in [0.1, 0.15) is 30.6 Å². The number of anilines is 2. The molecule has 0 spiro atoms. The molecule has 10 nitrogen and oxygen atoms in total. The van der Waals surface area contributed by atoms with Crippen molar-refractivity contribution < 1.29 is 14.5 Å². The number of hydrazine groups is 1. The van der Waals surface area contributed by atoms with Crippen molar-refractivity contribution in [1.29, 1.82) is 0 Å². The molecule has 0 saturated carbocycles. The van der Waals surface area contributed by atoms with Gasteiger partial charge in [-0.1, -0.05) is 6.92 Å². The van der Waals surface area contributed by atoms with Gasteiger partial charge in [0.2, 0.25) is 11.6 Å². The van der Waals surface area contributed by atoms with Crippen molar-refractivity contribution in [2.45, 2.75) is 26.3 Å². The van der Waals surface area contributed by atoms with E-state index < -0.39 is 10.8 Å². The molecule has 0 bridgehead atoms.